The summed E-state index contributed by atoms with van der Waals surface area (Å²) in [7, 11) is 0. The smallest absolute Gasteiger partial charge is 0.307 e. The van der Waals surface area contributed by atoms with E-state index < -0.39 is 17.8 Å². The maximum Gasteiger partial charge on any atom is 0.307 e. The average Bonchev–Trinajstić information content (AvgIpc) is 3.20. The number of carboxylic acid groups (broad SMARTS) is 1. The fourth-order valence-electron chi connectivity index (χ4n) is 2.18. The number of carbonyl (C=O) groups excluding carboxylic acids is 2. The van der Waals surface area contributed by atoms with Gasteiger partial charge in [-0.2, -0.15) is 0 Å². The predicted octanol–water partition coefficient (Wildman–Crippen LogP) is 1.33. The molecule has 1 aliphatic heterocycles. The molecule has 0 aromatic heterocycles. The Morgan fingerprint density at radius 1 is 1.38 bits per heavy atom. The highest BCUT2D eigenvalue weighted by molar-refractivity contribution is 6.34. The highest BCUT2D eigenvalue weighted by atomic mass is 35.5. The number of anilines is 2. The number of nitrogens with one attached hydrogen (secondary N) is 2. The number of carboxylic acids is 1. The number of halogens is 1. The second-order valence-corrected chi connectivity index (χ2v) is 5.35. The Balaban J connectivity index is 1.76. The Bertz CT molecular complexity index is 660. The van der Waals surface area contributed by atoms with Crippen LogP contribution in [-0.4, -0.2) is 29.5 Å². The topological polar surface area (TPSA) is 105 Å². The first kappa shape index (κ1) is 13.7. The highest BCUT2D eigenvalue weighted by Gasteiger charge is 2.48. The summed E-state index contributed by atoms with van der Waals surface area (Å²) in [6, 6.07) is 2.98. The van der Waals surface area contributed by atoms with Gasteiger partial charge >= 0.3 is 5.97 Å². The number of hydrogen-bond donors (Lipinski definition) is 3. The summed E-state index contributed by atoms with van der Waals surface area (Å²) in [5, 5.41) is 14.2. The van der Waals surface area contributed by atoms with Gasteiger partial charge in [-0.15, -0.1) is 0 Å². The summed E-state index contributed by atoms with van der Waals surface area (Å²) < 4.78 is 5.23. The van der Waals surface area contributed by atoms with Gasteiger partial charge in [0.2, 0.25) is 5.91 Å². The van der Waals surface area contributed by atoms with Crippen LogP contribution in [0.5, 0.6) is 5.75 Å². The third-order valence-corrected chi connectivity index (χ3v) is 3.72. The summed E-state index contributed by atoms with van der Waals surface area (Å²) >= 11 is 6.04. The summed E-state index contributed by atoms with van der Waals surface area (Å²) in [6.45, 7) is -0.105. The molecule has 0 bridgehead atoms. The molecule has 8 heteroatoms. The Morgan fingerprint density at radius 3 is 2.81 bits per heavy atom. The van der Waals surface area contributed by atoms with Crippen molar-refractivity contribution in [2.75, 3.05) is 17.2 Å². The second kappa shape index (κ2) is 4.92. The molecule has 2 aliphatic rings. The first-order valence-electron chi connectivity index (χ1n) is 6.25. The summed E-state index contributed by atoms with van der Waals surface area (Å²) in [4.78, 5) is 33.9. The highest BCUT2D eigenvalue weighted by Crippen LogP contribution is 2.41. The van der Waals surface area contributed by atoms with E-state index in [4.69, 9.17) is 21.4 Å². The molecule has 1 aliphatic carbocycles. The maximum absolute atomic E-state index is 11.9. The molecule has 1 heterocycles. The van der Waals surface area contributed by atoms with Gasteiger partial charge in [0, 0.05) is 6.07 Å². The zero-order valence-corrected chi connectivity index (χ0v) is 11.4. The molecule has 3 rings (SSSR count). The third kappa shape index (κ3) is 2.64. The van der Waals surface area contributed by atoms with E-state index in [9.17, 15) is 14.4 Å². The van der Waals surface area contributed by atoms with Crippen molar-refractivity contribution < 1.29 is 24.2 Å². The molecule has 2 amide bonds. The van der Waals surface area contributed by atoms with Crippen LogP contribution in [0.2, 0.25) is 5.02 Å². The lowest BCUT2D eigenvalue weighted by molar-refractivity contribution is -0.139. The van der Waals surface area contributed by atoms with Gasteiger partial charge in [0.05, 0.1) is 28.2 Å². The van der Waals surface area contributed by atoms with Crippen LogP contribution in [0.1, 0.15) is 6.42 Å². The lowest BCUT2D eigenvalue weighted by atomic mass is 10.2. The Hall–Kier alpha value is -2.28. The van der Waals surface area contributed by atoms with Gasteiger partial charge in [-0.1, -0.05) is 11.6 Å². The number of carbonyl (C=O) groups is 3. The molecule has 0 radical (unpaired) electrons. The SMILES string of the molecule is O=C1COc2cc(NC(=O)[C@@H]3C[C@@H]3C(=O)O)c(Cl)cc2N1. The fourth-order valence-corrected chi connectivity index (χ4v) is 2.39. The molecule has 0 unspecified atom stereocenters. The molecular weight excluding hydrogens is 300 g/mol. The van der Waals surface area contributed by atoms with Crippen LogP contribution >= 0.6 is 11.6 Å². The molecule has 110 valence electrons. The number of amides is 2. The lowest BCUT2D eigenvalue weighted by Crippen LogP contribution is -2.25. The van der Waals surface area contributed by atoms with E-state index in [-0.39, 0.29) is 23.4 Å². The quantitative estimate of drug-likeness (QED) is 0.781. The Kier molecular flexibility index (Phi) is 3.21. The van der Waals surface area contributed by atoms with Crippen molar-refractivity contribution in [3.8, 4) is 5.75 Å². The molecular formula is C13H11ClN2O5. The largest absolute Gasteiger partial charge is 0.482 e. The van der Waals surface area contributed by atoms with Crippen molar-refractivity contribution in [3.05, 3.63) is 17.2 Å². The number of rotatable bonds is 3. The first-order chi connectivity index (χ1) is 9.95. The average molecular weight is 311 g/mol. The third-order valence-electron chi connectivity index (χ3n) is 3.40. The summed E-state index contributed by atoms with van der Waals surface area (Å²) in [6.07, 6.45) is 0.330. The molecule has 21 heavy (non-hydrogen) atoms. The molecule has 1 fully saturated rings. The molecule has 7 nitrogen and oxygen atoms in total. The van der Waals surface area contributed by atoms with Crippen LogP contribution in [0.4, 0.5) is 11.4 Å². The zero-order chi connectivity index (χ0) is 15.1. The minimum absolute atomic E-state index is 0.105. The van der Waals surface area contributed by atoms with Crippen molar-refractivity contribution in [2.24, 2.45) is 11.8 Å². The lowest BCUT2D eigenvalue weighted by Gasteiger charge is -2.19. The van der Waals surface area contributed by atoms with Crippen molar-refractivity contribution in [1.29, 1.82) is 0 Å². The van der Waals surface area contributed by atoms with Crippen LogP contribution in [-0.2, 0) is 14.4 Å². The monoisotopic (exact) mass is 310 g/mol. The fraction of sp³-hybridized carbons (Fsp3) is 0.308. The van der Waals surface area contributed by atoms with Crippen molar-refractivity contribution >= 4 is 40.8 Å². The minimum Gasteiger partial charge on any atom is -0.482 e. The van der Waals surface area contributed by atoms with Gasteiger partial charge in [-0.3, -0.25) is 14.4 Å². The van der Waals surface area contributed by atoms with Gasteiger partial charge in [-0.05, 0) is 12.5 Å². The van der Waals surface area contributed by atoms with Gasteiger partial charge in [0.15, 0.2) is 6.61 Å². The van der Waals surface area contributed by atoms with E-state index in [0.29, 0.717) is 23.5 Å². The molecule has 3 N–H and O–H groups in total. The van der Waals surface area contributed by atoms with Crippen LogP contribution in [0.25, 0.3) is 0 Å². The number of benzene rings is 1. The maximum atomic E-state index is 11.9. The van der Waals surface area contributed by atoms with Crippen LogP contribution in [0, 0.1) is 11.8 Å². The standard InChI is InChI=1S/C13H11ClN2O5/c14-7-2-9-10(21-4-11(17)15-9)3-8(7)16-12(18)5-1-6(5)13(19)20/h2-3,5-6H,1,4H2,(H,15,17)(H,16,18)(H,19,20)/t5-,6+/m1/s1. The summed E-state index contributed by atoms with van der Waals surface area (Å²) in [5.41, 5.74) is 0.761. The van der Waals surface area contributed by atoms with Crippen molar-refractivity contribution in [3.63, 3.8) is 0 Å². The second-order valence-electron chi connectivity index (χ2n) is 4.94. The Morgan fingerprint density at radius 2 is 2.14 bits per heavy atom. The summed E-state index contributed by atoms with van der Waals surface area (Å²) in [5.74, 6) is -2.40. The zero-order valence-electron chi connectivity index (χ0n) is 10.7. The van der Waals surface area contributed by atoms with Crippen LogP contribution < -0.4 is 15.4 Å². The number of fused-ring (bicyclic) bond motifs is 1. The van der Waals surface area contributed by atoms with Crippen LogP contribution in [0.15, 0.2) is 12.1 Å². The number of aliphatic carboxylic acids is 1. The minimum atomic E-state index is -0.974. The Labute approximate surface area is 124 Å². The van der Waals surface area contributed by atoms with E-state index in [1.165, 1.54) is 12.1 Å². The van der Waals surface area contributed by atoms with Gasteiger partial charge in [-0.25, -0.2) is 0 Å². The van der Waals surface area contributed by atoms with Gasteiger partial charge in [0.25, 0.3) is 5.91 Å². The van der Waals surface area contributed by atoms with E-state index in [2.05, 4.69) is 10.6 Å². The number of hydrogen-bond acceptors (Lipinski definition) is 4. The molecule has 2 atom stereocenters. The molecule has 0 spiro atoms. The number of ether oxygens (including phenoxy) is 1. The molecule has 1 aromatic carbocycles. The molecule has 1 saturated carbocycles. The normalized spacial score (nSPS) is 22.6. The molecule has 1 aromatic rings. The van der Waals surface area contributed by atoms with Crippen molar-refractivity contribution in [1.82, 2.24) is 0 Å². The van der Waals surface area contributed by atoms with Gasteiger partial charge < -0.3 is 20.5 Å². The van der Waals surface area contributed by atoms with Crippen LogP contribution in [0.3, 0.4) is 0 Å². The predicted molar refractivity (Wildman–Crippen MR) is 73.4 cm³/mol. The van der Waals surface area contributed by atoms with E-state index >= 15 is 0 Å². The van der Waals surface area contributed by atoms with Crippen molar-refractivity contribution in [2.45, 2.75) is 6.42 Å². The molecule has 0 saturated heterocycles. The van der Waals surface area contributed by atoms with E-state index in [1.807, 2.05) is 0 Å². The van der Waals surface area contributed by atoms with Gasteiger partial charge in [0.1, 0.15) is 5.75 Å². The van der Waals surface area contributed by atoms with E-state index in [1.54, 1.807) is 0 Å². The van der Waals surface area contributed by atoms with E-state index in [0.717, 1.165) is 0 Å². The first-order valence-corrected chi connectivity index (χ1v) is 6.63.